The average Bonchev–Trinajstić information content (AvgIpc) is 3.06. The number of ether oxygens (including phenoxy) is 1. The number of alkyl carbamates (subject to hydrolysis) is 1. The van der Waals surface area contributed by atoms with Crippen LogP contribution in [0.25, 0.3) is 11.1 Å². The fourth-order valence-electron chi connectivity index (χ4n) is 3.94. The summed E-state index contributed by atoms with van der Waals surface area (Å²) >= 11 is 0. The van der Waals surface area contributed by atoms with Gasteiger partial charge in [0.25, 0.3) is 0 Å². The highest BCUT2D eigenvalue weighted by molar-refractivity contribution is 5.81. The van der Waals surface area contributed by atoms with Crippen molar-refractivity contribution < 1.29 is 19.4 Å². The fourth-order valence-corrected chi connectivity index (χ4v) is 3.94. The lowest BCUT2D eigenvalue weighted by atomic mass is 9.98. The average molecular weight is 402 g/mol. The van der Waals surface area contributed by atoms with E-state index in [1.807, 2.05) is 36.4 Å². The molecule has 1 amide bonds. The van der Waals surface area contributed by atoms with Crippen molar-refractivity contribution in [3.05, 3.63) is 89.5 Å². The van der Waals surface area contributed by atoms with E-state index in [1.54, 1.807) is 24.3 Å². The predicted octanol–water partition coefficient (Wildman–Crippen LogP) is 3.80. The van der Waals surface area contributed by atoms with Gasteiger partial charge < -0.3 is 20.9 Å². The molecular weight excluding hydrogens is 380 g/mol. The maximum atomic E-state index is 12.4. The zero-order valence-electron chi connectivity index (χ0n) is 16.2. The van der Waals surface area contributed by atoms with Gasteiger partial charge in [-0.25, -0.2) is 9.59 Å². The molecule has 6 nitrogen and oxygen atoms in total. The van der Waals surface area contributed by atoms with Crippen molar-refractivity contribution in [3.63, 3.8) is 0 Å². The number of amides is 1. The molecule has 0 fully saturated rings. The van der Waals surface area contributed by atoms with Crippen molar-refractivity contribution in [2.24, 2.45) is 0 Å². The number of benzene rings is 3. The van der Waals surface area contributed by atoms with Crippen LogP contribution in [0, 0.1) is 0 Å². The van der Waals surface area contributed by atoms with Gasteiger partial charge in [0, 0.05) is 18.0 Å². The van der Waals surface area contributed by atoms with E-state index in [1.165, 1.54) is 0 Å². The van der Waals surface area contributed by atoms with Gasteiger partial charge in [0.15, 0.2) is 0 Å². The maximum Gasteiger partial charge on any atom is 0.407 e. The van der Waals surface area contributed by atoms with Crippen LogP contribution in [-0.2, 0) is 16.0 Å². The molecule has 3 aromatic rings. The van der Waals surface area contributed by atoms with Gasteiger partial charge in [-0.3, -0.25) is 0 Å². The molecule has 6 heteroatoms. The molecule has 152 valence electrons. The summed E-state index contributed by atoms with van der Waals surface area (Å²) < 4.78 is 5.44. The fraction of sp³-hybridized carbons (Fsp3) is 0.167. The van der Waals surface area contributed by atoms with Gasteiger partial charge in [-0.1, -0.05) is 60.7 Å². The highest BCUT2D eigenvalue weighted by Gasteiger charge is 2.29. The molecule has 0 spiro atoms. The molecule has 1 atom stereocenters. The van der Waals surface area contributed by atoms with Crippen LogP contribution in [-0.4, -0.2) is 29.8 Å². The first-order chi connectivity index (χ1) is 14.5. The standard InChI is InChI=1S/C24H22N2O4/c25-16-7-5-6-15(12-16)13-22(23(27)28)26-24(29)30-14-21-19-10-3-1-8-17(19)18-9-2-4-11-20(18)21/h1-12,21-22H,13-14,25H2,(H,26,29)(H,27,28)/t22-/m0/s1. The lowest BCUT2D eigenvalue weighted by molar-refractivity contribution is -0.139. The van der Waals surface area contributed by atoms with Gasteiger partial charge in [0.05, 0.1) is 0 Å². The van der Waals surface area contributed by atoms with Crippen molar-refractivity contribution in [2.45, 2.75) is 18.4 Å². The smallest absolute Gasteiger partial charge is 0.407 e. The highest BCUT2D eigenvalue weighted by Crippen LogP contribution is 2.44. The van der Waals surface area contributed by atoms with E-state index in [0.29, 0.717) is 5.69 Å². The number of rotatable bonds is 6. The van der Waals surface area contributed by atoms with Crippen LogP contribution in [0.2, 0.25) is 0 Å². The molecule has 3 aromatic carbocycles. The topological polar surface area (TPSA) is 102 Å². The number of anilines is 1. The van der Waals surface area contributed by atoms with Crippen LogP contribution in [0.5, 0.6) is 0 Å². The second-order valence-corrected chi connectivity index (χ2v) is 7.31. The minimum absolute atomic E-state index is 0.0830. The van der Waals surface area contributed by atoms with E-state index < -0.39 is 18.1 Å². The number of carbonyl (C=O) groups is 2. The van der Waals surface area contributed by atoms with Crippen LogP contribution in [0.15, 0.2) is 72.8 Å². The SMILES string of the molecule is Nc1cccc(C[C@H](NC(=O)OCC2c3ccccc3-c3ccccc32)C(=O)O)c1. The zero-order chi connectivity index (χ0) is 21.1. The van der Waals surface area contributed by atoms with E-state index in [4.69, 9.17) is 10.5 Å². The molecule has 0 saturated carbocycles. The molecule has 0 radical (unpaired) electrons. The Hall–Kier alpha value is -3.80. The molecule has 1 aliphatic carbocycles. The zero-order valence-corrected chi connectivity index (χ0v) is 16.2. The lowest BCUT2D eigenvalue weighted by Gasteiger charge is -2.17. The van der Waals surface area contributed by atoms with Gasteiger partial charge in [0.2, 0.25) is 0 Å². The minimum Gasteiger partial charge on any atom is -0.480 e. The second-order valence-electron chi connectivity index (χ2n) is 7.31. The van der Waals surface area contributed by atoms with Crippen LogP contribution in [0.1, 0.15) is 22.6 Å². The predicted molar refractivity (Wildman–Crippen MR) is 114 cm³/mol. The first-order valence-corrected chi connectivity index (χ1v) is 9.71. The van der Waals surface area contributed by atoms with Crippen molar-refractivity contribution >= 4 is 17.7 Å². The summed E-state index contributed by atoms with van der Waals surface area (Å²) in [5, 5.41) is 11.9. The Morgan fingerprint density at radius 2 is 1.60 bits per heavy atom. The molecule has 0 unspecified atom stereocenters. The monoisotopic (exact) mass is 402 g/mol. The van der Waals surface area contributed by atoms with E-state index >= 15 is 0 Å². The molecular formula is C24H22N2O4. The number of carboxylic acids is 1. The number of carboxylic acid groups (broad SMARTS) is 1. The Morgan fingerprint density at radius 1 is 0.967 bits per heavy atom. The number of nitrogen functional groups attached to an aromatic ring is 1. The van der Waals surface area contributed by atoms with Crippen molar-refractivity contribution in [1.82, 2.24) is 5.32 Å². The van der Waals surface area contributed by atoms with Crippen LogP contribution in [0.4, 0.5) is 10.5 Å². The van der Waals surface area contributed by atoms with Crippen LogP contribution >= 0.6 is 0 Å². The number of hydrogen-bond donors (Lipinski definition) is 3. The van der Waals surface area contributed by atoms with Gasteiger partial charge in [-0.2, -0.15) is 0 Å². The van der Waals surface area contributed by atoms with Gasteiger partial charge in [-0.15, -0.1) is 0 Å². The molecule has 4 N–H and O–H groups in total. The van der Waals surface area contributed by atoms with E-state index in [-0.39, 0.29) is 18.9 Å². The maximum absolute atomic E-state index is 12.4. The van der Waals surface area contributed by atoms with E-state index in [2.05, 4.69) is 17.4 Å². The van der Waals surface area contributed by atoms with E-state index in [0.717, 1.165) is 27.8 Å². The second kappa shape index (κ2) is 8.29. The summed E-state index contributed by atoms with van der Waals surface area (Å²) in [5.41, 5.74) is 11.5. The normalized spacial score (nSPS) is 13.2. The summed E-state index contributed by atoms with van der Waals surface area (Å²) in [6.07, 6.45) is -0.641. The Bertz CT molecular complexity index is 1050. The van der Waals surface area contributed by atoms with E-state index in [9.17, 15) is 14.7 Å². The summed E-state index contributed by atoms with van der Waals surface area (Å²) in [5.74, 6) is -1.22. The molecule has 0 heterocycles. The molecule has 1 aliphatic rings. The molecule has 30 heavy (non-hydrogen) atoms. The number of aliphatic carboxylic acids is 1. The molecule has 0 saturated heterocycles. The summed E-state index contributed by atoms with van der Waals surface area (Å²) in [4.78, 5) is 24.0. The van der Waals surface area contributed by atoms with Gasteiger partial charge in [0.1, 0.15) is 12.6 Å². The Balaban J connectivity index is 1.43. The minimum atomic E-state index is -1.13. The number of carbonyl (C=O) groups excluding carboxylic acids is 1. The highest BCUT2D eigenvalue weighted by atomic mass is 16.5. The number of fused-ring (bicyclic) bond motifs is 3. The Morgan fingerprint density at radius 3 is 2.20 bits per heavy atom. The third-order valence-corrected chi connectivity index (χ3v) is 5.32. The van der Waals surface area contributed by atoms with Crippen molar-refractivity contribution in [3.8, 4) is 11.1 Å². The van der Waals surface area contributed by atoms with Gasteiger partial charge in [-0.05, 0) is 39.9 Å². The van der Waals surface area contributed by atoms with Gasteiger partial charge >= 0.3 is 12.1 Å². The number of nitrogens with one attached hydrogen (secondary N) is 1. The third kappa shape index (κ3) is 3.98. The number of hydrogen-bond acceptors (Lipinski definition) is 4. The molecule has 0 aliphatic heterocycles. The van der Waals surface area contributed by atoms with Crippen LogP contribution in [0.3, 0.4) is 0 Å². The Kier molecular flexibility index (Phi) is 5.39. The molecule has 4 rings (SSSR count). The number of nitrogens with two attached hydrogens (primary N) is 1. The molecule has 0 bridgehead atoms. The first kappa shape index (κ1) is 19.5. The summed E-state index contributed by atoms with van der Waals surface area (Å²) in [7, 11) is 0. The van der Waals surface area contributed by atoms with Crippen LogP contribution < -0.4 is 11.1 Å². The largest absolute Gasteiger partial charge is 0.480 e. The van der Waals surface area contributed by atoms with Crippen molar-refractivity contribution in [2.75, 3.05) is 12.3 Å². The quantitative estimate of drug-likeness (QED) is 0.544. The molecule has 0 aromatic heterocycles. The summed E-state index contributed by atoms with van der Waals surface area (Å²) in [6, 6.07) is 21.9. The Labute approximate surface area is 174 Å². The lowest BCUT2D eigenvalue weighted by Crippen LogP contribution is -2.42. The third-order valence-electron chi connectivity index (χ3n) is 5.32. The van der Waals surface area contributed by atoms with Crippen molar-refractivity contribution in [1.29, 1.82) is 0 Å². The summed E-state index contributed by atoms with van der Waals surface area (Å²) in [6.45, 7) is 0.129. The first-order valence-electron chi connectivity index (χ1n) is 9.71.